The molecule has 0 unspecified atom stereocenters. The van der Waals surface area contributed by atoms with Crippen LogP contribution in [0.4, 0.5) is 0 Å². The van der Waals surface area contributed by atoms with Gasteiger partial charge in [0.25, 0.3) is 0 Å². The number of hydrogen-bond acceptors (Lipinski definition) is 5. The average Bonchev–Trinajstić information content (AvgIpc) is 2.26. The SMILES string of the molecule is C=C(C=CC(=O)O)C(=O)OCC.C=COC(C)=O. The molecule has 0 aliphatic rings. The first-order valence-electron chi connectivity index (χ1n) is 4.90. The van der Waals surface area contributed by atoms with Gasteiger partial charge in [-0.05, 0) is 13.0 Å². The molecule has 0 rings (SSSR count). The van der Waals surface area contributed by atoms with Crippen LogP contribution in [-0.2, 0) is 23.9 Å². The van der Waals surface area contributed by atoms with Gasteiger partial charge in [-0.2, -0.15) is 0 Å². The van der Waals surface area contributed by atoms with Crippen LogP contribution in [0.5, 0.6) is 0 Å². The van der Waals surface area contributed by atoms with Gasteiger partial charge in [0.15, 0.2) is 0 Å². The maximum Gasteiger partial charge on any atom is 0.337 e. The molecular formula is C12H16O6. The number of esters is 2. The fourth-order valence-corrected chi connectivity index (χ4v) is 0.581. The second kappa shape index (κ2) is 11.1. The highest BCUT2D eigenvalue weighted by molar-refractivity contribution is 5.93. The summed E-state index contributed by atoms with van der Waals surface area (Å²) in [5.41, 5.74) is 0.0271. The summed E-state index contributed by atoms with van der Waals surface area (Å²) in [5.74, 6) is -2.06. The molecule has 0 atom stereocenters. The summed E-state index contributed by atoms with van der Waals surface area (Å²) in [4.78, 5) is 30.5. The molecule has 0 radical (unpaired) electrons. The van der Waals surface area contributed by atoms with Crippen molar-refractivity contribution in [2.75, 3.05) is 6.61 Å². The fraction of sp³-hybridized carbons (Fsp3) is 0.250. The van der Waals surface area contributed by atoms with Crippen LogP contribution in [0, 0.1) is 0 Å². The van der Waals surface area contributed by atoms with Gasteiger partial charge in [-0.3, -0.25) is 4.79 Å². The summed E-state index contributed by atoms with van der Waals surface area (Å²) in [6, 6.07) is 0. The van der Waals surface area contributed by atoms with Gasteiger partial charge in [0.1, 0.15) is 0 Å². The van der Waals surface area contributed by atoms with Gasteiger partial charge >= 0.3 is 17.9 Å². The van der Waals surface area contributed by atoms with Crippen molar-refractivity contribution >= 4 is 17.9 Å². The first kappa shape index (κ1) is 18.0. The molecular weight excluding hydrogens is 240 g/mol. The Kier molecular flexibility index (Phi) is 11.1. The van der Waals surface area contributed by atoms with E-state index in [4.69, 9.17) is 5.11 Å². The second-order valence-electron chi connectivity index (χ2n) is 2.69. The minimum Gasteiger partial charge on any atom is -0.478 e. The lowest BCUT2D eigenvalue weighted by atomic mass is 10.3. The number of carboxylic acids is 1. The lowest BCUT2D eigenvalue weighted by Gasteiger charge is -1.98. The van der Waals surface area contributed by atoms with Gasteiger partial charge in [0.2, 0.25) is 0 Å². The molecule has 100 valence electrons. The first-order valence-corrected chi connectivity index (χ1v) is 4.90. The van der Waals surface area contributed by atoms with Crippen LogP contribution in [0.25, 0.3) is 0 Å². The minimum absolute atomic E-state index is 0.0271. The molecule has 0 spiro atoms. The van der Waals surface area contributed by atoms with Crippen molar-refractivity contribution in [3.63, 3.8) is 0 Å². The second-order valence-corrected chi connectivity index (χ2v) is 2.69. The van der Waals surface area contributed by atoms with Crippen molar-refractivity contribution in [2.24, 2.45) is 0 Å². The summed E-state index contributed by atoms with van der Waals surface area (Å²) < 4.78 is 8.72. The minimum atomic E-state index is -1.12. The molecule has 0 saturated carbocycles. The molecule has 0 fully saturated rings. The Morgan fingerprint density at radius 2 is 1.83 bits per heavy atom. The maximum absolute atomic E-state index is 10.8. The van der Waals surface area contributed by atoms with Crippen molar-refractivity contribution in [2.45, 2.75) is 13.8 Å². The molecule has 0 aromatic carbocycles. The Morgan fingerprint density at radius 3 is 2.11 bits per heavy atom. The zero-order chi connectivity index (χ0) is 14.6. The van der Waals surface area contributed by atoms with E-state index in [1.54, 1.807) is 6.92 Å². The van der Waals surface area contributed by atoms with Crippen LogP contribution < -0.4 is 0 Å². The van der Waals surface area contributed by atoms with E-state index in [9.17, 15) is 14.4 Å². The molecule has 0 amide bonds. The van der Waals surface area contributed by atoms with E-state index in [2.05, 4.69) is 22.6 Å². The number of aliphatic carboxylic acids is 1. The molecule has 0 saturated heterocycles. The smallest absolute Gasteiger partial charge is 0.337 e. The zero-order valence-electron chi connectivity index (χ0n) is 10.3. The van der Waals surface area contributed by atoms with E-state index in [-0.39, 0.29) is 18.1 Å². The van der Waals surface area contributed by atoms with Crippen LogP contribution in [0.3, 0.4) is 0 Å². The topological polar surface area (TPSA) is 89.9 Å². The lowest BCUT2D eigenvalue weighted by Crippen LogP contribution is -2.05. The van der Waals surface area contributed by atoms with Crippen molar-refractivity contribution < 1.29 is 29.0 Å². The van der Waals surface area contributed by atoms with E-state index in [0.29, 0.717) is 0 Å². The predicted molar refractivity (Wildman–Crippen MR) is 64.5 cm³/mol. The van der Waals surface area contributed by atoms with Crippen molar-refractivity contribution in [1.82, 2.24) is 0 Å². The van der Waals surface area contributed by atoms with Gasteiger partial charge in [-0.25, -0.2) is 9.59 Å². The van der Waals surface area contributed by atoms with E-state index >= 15 is 0 Å². The molecule has 0 bridgehead atoms. The molecule has 0 aromatic heterocycles. The van der Waals surface area contributed by atoms with Crippen LogP contribution in [0.1, 0.15) is 13.8 Å². The quantitative estimate of drug-likeness (QED) is 0.346. The highest BCUT2D eigenvalue weighted by Gasteiger charge is 2.03. The third-order valence-electron chi connectivity index (χ3n) is 1.21. The fourth-order valence-electron chi connectivity index (χ4n) is 0.581. The zero-order valence-corrected chi connectivity index (χ0v) is 10.3. The van der Waals surface area contributed by atoms with E-state index in [1.807, 2.05) is 0 Å². The van der Waals surface area contributed by atoms with Crippen molar-refractivity contribution in [3.05, 3.63) is 37.1 Å². The molecule has 0 aliphatic heterocycles. The third-order valence-corrected chi connectivity index (χ3v) is 1.21. The number of carbonyl (C=O) groups excluding carboxylic acids is 2. The maximum atomic E-state index is 10.8. The monoisotopic (exact) mass is 256 g/mol. The lowest BCUT2D eigenvalue weighted by molar-refractivity contribution is -0.138. The van der Waals surface area contributed by atoms with Gasteiger partial charge in [0.05, 0.1) is 18.4 Å². The summed E-state index contributed by atoms with van der Waals surface area (Å²) in [6.07, 6.45) is 3.03. The summed E-state index contributed by atoms with van der Waals surface area (Å²) in [5, 5.41) is 8.19. The van der Waals surface area contributed by atoms with Gasteiger partial charge < -0.3 is 14.6 Å². The Bertz CT molecular complexity index is 354. The largest absolute Gasteiger partial charge is 0.478 e. The Morgan fingerprint density at radius 1 is 1.28 bits per heavy atom. The highest BCUT2D eigenvalue weighted by Crippen LogP contribution is 1.96. The number of ether oxygens (including phenoxy) is 2. The number of rotatable bonds is 5. The summed E-state index contributed by atoms with van der Waals surface area (Å²) in [7, 11) is 0. The summed E-state index contributed by atoms with van der Waals surface area (Å²) >= 11 is 0. The van der Waals surface area contributed by atoms with Gasteiger partial charge in [0, 0.05) is 13.0 Å². The third kappa shape index (κ3) is 13.6. The first-order chi connectivity index (χ1) is 8.34. The molecule has 18 heavy (non-hydrogen) atoms. The normalized spacial score (nSPS) is 8.78. The van der Waals surface area contributed by atoms with Crippen LogP contribution >= 0.6 is 0 Å². The molecule has 1 N–H and O–H groups in total. The van der Waals surface area contributed by atoms with Crippen LogP contribution in [0.2, 0.25) is 0 Å². The average molecular weight is 256 g/mol. The molecule has 6 heteroatoms. The number of carboxylic acid groups (broad SMARTS) is 1. The van der Waals surface area contributed by atoms with E-state index in [0.717, 1.165) is 18.4 Å². The van der Waals surface area contributed by atoms with E-state index < -0.39 is 11.9 Å². The van der Waals surface area contributed by atoms with Crippen LogP contribution in [-0.4, -0.2) is 29.6 Å². The Labute approximate surface area is 105 Å². The molecule has 0 aromatic rings. The number of hydrogen-bond donors (Lipinski definition) is 1. The molecule has 0 aliphatic carbocycles. The van der Waals surface area contributed by atoms with Crippen LogP contribution in [0.15, 0.2) is 37.1 Å². The van der Waals surface area contributed by atoms with Gasteiger partial charge in [-0.1, -0.05) is 13.2 Å². The van der Waals surface area contributed by atoms with Gasteiger partial charge in [-0.15, -0.1) is 0 Å². The Hall–Kier alpha value is -2.37. The molecule has 0 heterocycles. The Balaban J connectivity index is 0. The summed E-state index contributed by atoms with van der Waals surface area (Å²) in [6.45, 7) is 9.71. The number of carbonyl (C=O) groups is 3. The highest BCUT2D eigenvalue weighted by atomic mass is 16.5. The standard InChI is InChI=1S/C8H10O4.C4H6O2/c1-3-12-8(11)6(2)4-5-7(9)10;1-3-6-4(2)5/h4-5H,2-3H2,1H3,(H,9,10);3H,1H2,2H3. The van der Waals surface area contributed by atoms with Crippen molar-refractivity contribution in [1.29, 1.82) is 0 Å². The van der Waals surface area contributed by atoms with Crippen molar-refractivity contribution in [3.8, 4) is 0 Å². The van der Waals surface area contributed by atoms with E-state index in [1.165, 1.54) is 6.92 Å². The molecule has 6 nitrogen and oxygen atoms in total. The predicted octanol–water partition coefficient (Wildman–Crippen LogP) is 1.44.